The van der Waals surface area contributed by atoms with E-state index in [-0.39, 0.29) is 0 Å². The van der Waals surface area contributed by atoms with Crippen molar-refractivity contribution in [1.29, 1.82) is 0 Å². The minimum atomic E-state index is -0.885. The second-order valence-corrected chi connectivity index (χ2v) is 17.7. The first-order valence-electron chi connectivity index (χ1n) is 22.8. The molecule has 0 saturated heterocycles. The molecule has 346 valence electrons. The van der Waals surface area contributed by atoms with Crippen LogP contribution < -0.4 is 0 Å². The standard InChI is InChI=1S/C60H34F4N4O4/c61-41-25-29(17-21-45(41)69)49-53-33-9-1-2-10-34(33)54(65-53)50(30-18-22-46(70)42(62)26-30)56-37-13-5-6-14-38(37)58(67-56)52(32-20-24-48(72)44(64)28-32)60-40-16-8-7-15-39(40)59(68-60)51(31-19-23-47(71)43(63)27-31)57-36-12-4-3-11-35(36)55(49)66-57/h1-28,65,68-72H. The zero-order valence-electron chi connectivity index (χ0n) is 37.4. The molecule has 13 rings (SSSR count). The summed E-state index contributed by atoms with van der Waals surface area (Å²) in [6.45, 7) is 0. The molecule has 8 aromatic carbocycles. The van der Waals surface area contributed by atoms with Gasteiger partial charge in [-0.05, 0) is 70.8 Å². The highest BCUT2D eigenvalue weighted by molar-refractivity contribution is 6.21. The van der Waals surface area contributed by atoms with Crippen LogP contribution in [0.5, 0.6) is 23.0 Å². The molecule has 0 amide bonds. The number of aromatic hydroxyl groups is 4. The normalized spacial score (nSPS) is 11.8. The summed E-state index contributed by atoms with van der Waals surface area (Å²) in [7, 11) is 0. The largest absolute Gasteiger partial charge is 0.505 e. The Balaban J connectivity index is 1.39. The maximum atomic E-state index is 15.9. The maximum Gasteiger partial charge on any atom is 0.165 e. The predicted molar refractivity (Wildman–Crippen MR) is 273 cm³/mol. The molecule has 0 atom stereocenters. The Morgan fingerprint density at radius 2 is 0.514 bits per heavy atom. The van der Waals surface area contributed by atoms with Crippen LogP contribution in [-0.2, 0) is 0 Å². The molecule has 8 bridgehead atoms. The number of H-pyrrole nitrogens is 2. The first-order chi connectivity index (χ1) is 35.0. The zero-order chi connectivity index (χ0) is 49.1. The molecular weight excluding hydrogens is 917 g/mol. The Kier molecular flexibility index (Phi) is 9.39. The van der Waals surface area contributed by atoms with Crippen molar-refractivity contribution in [2.75, 3.05) is 0 Å². The topological polar surface area (TPSA) is 138 Å². The van der Waals surface area contributed by atoms with Gasteiger partial charge in [0.1, 0.15) is 0 Å². The Morgan fingerprint density at radius 3 is 0.736 bits per heavy atom. The van der Waals surface area contributed by atoms with Gasteiger partial charge in [-0.1, -0.05) is 121 Å². The van der Waals surface area contributed by atoms with Gasteiger partial charge in [-0.3, -0.25) is 0 Å². The predicted octanol–water partition coefficient (Wildman–Crippen LogP) is 15.3. The van der Waals surface area contributed by atoms with E-state index < -0.39 is 46.3 Å². The minimum absolute atomic E-state index is 0.335. The first-order valence-corrected chi connectivity index (χ1v) is 22.8. The van der Waals surface area contributed by atoms with Gasteiger partial charge in [-0.15, -0.1) is 0 Å². The summed E-state index contributed by atoms with van der Waals surface area (Å²) >= 11 is 0. The van der Waals surface area contributed by atoms with Crippen LogP contribution in [0.3, 0.4) is 0 Å². The van der Waals surface area contributed by atoms with Gasteiger partial charge < -0.3 is 30.4 Å². The van der Waals surface area contributed by atoms with Crippen molar-refractivity contribution in [1.82, 2.24) is 19.9 Å². The number of rotatable bonds is 4. The van der Waals surface area contributed by atoms with Gasteiger partial charge in [0.05, 0.1) is 44.8 Å². The summed E-state index contributed by atoms with van der Waals surface area (Å²) in [5.74, 6) is -5.80. The van der Waals surface area contributed by atoms with Crippen LogP contribution in [0.25, 0.3) is 133 Å². The van der Waals surface area contributed by atoms with Crippen LogP contribution in [0.4, 0.5) is 17.6 Å². The summed E-state index contributed by atoms with van der Waals surface area (Å²) in [6.07, 6.45) is 0. The van der Waals surface area contributed by atoms with Gasteiger partial charge in [0, 0.05) is 66.1 Å². The van der Waals surface area contributed by atoms with Crippen molar-refractivity contribution in [3.05, 3.63) is 193 Å². The summed E-state index contributed by atoms with van der Waals surface area (Å²) in [4.78, 5) is 18.4. The highest BCUT2D eigenvalue weighted by atomic mass is 19.1. The molecular formula is C60H34F4N4O4. The molecule has 10 aromatic rings. The van der Waals surface area contributed by atoms with Crippen molar-refractivity contribution in [2.45, 2.75) is 0 Å². The number of nitrogens with zero attached hydrogens (tertiary/aromatic N) is 2. The summed E-state index contributed by atoms with van der Waals surface area (Å²) in [5.41, 5.74) is 8.91. The zero-order valence-corrected chi connectivity index (χ0v) is 37.4. The van der Waals surface area contributed by atoms with Gasteiger partial charge in [0.15, 0.2) is 46.3 Å². The van der Waals surface area contributed by atoms with E-state index >= 15 is 17.6 Å². The molecule has 1 aliphatic carbocycles. The Bertz CT molecular complexity index is 3810. The molecule has 3 aliphatic rings. The monoisotopic (exact) mass is 950 g/mol. The van der Waals surface area contributed by atoms with Crippen molar-refractivity contribution >= 4 is 43.6 Å². The fourth-order valence-electron chi connectivity index (χ4n) is 10.4. The summed E-state index contributed by atoms with van der Waals surface area (Å²) < 4.78 is 63.6. The Hall–Kier alpha value is -9.68. The molecule has 4 heterocycles. The third-order valence-corrected chi connectivity index (χ3v) is 13.6. The lowest BCUT2D eigenvalue weighted by molar-refractivity contribution is 0.432. The van der Waals surface area contributed by atoms with Crippen molar-refractivity contribution in [2.24, 2.45) is 0 Å². The fraction of sp³-hybridized carbons (Fsp3) is 0. The molecule has 0 radical (unpaired) electrons. The summed E-state index contributed by atoms with van der Waals surface area (Å²) in [5, 5.41) is 44.9. The highest BCUT2D eigenvalue weighted by Gasteiger charge is 2.30. The number of aromatic nitrogens is 4. The van der Waals surface area contributed by atoms with E-state index in [0.717, 1.165) is 0 Å². The molecule has 0 saturated carbocycles. The van der Waals surface area contributed by atoms with Crippen LogP contribution in [0.2, 0.25) is 0 Å². The highest BCUT2D eigenvalue weighted by Crippen LogP contribution is 2.52. The number of halogens is 4. The molecule has 12 heteroatoms. The third kappa shape index (κ3) is 6.39. The van der Waals surface area contributed by atoms with E-state index in [0.29, 0.717) is 133 Å². The lowest BCUT2D eigenvalue weighted by Gasteiger charge is -2.09. The number of hydrogen-bond acceptors (Lipinski definition) is 6. The van der Waals surface area contributed by atoms with E-state index in [9.17, 15) is 20.4 Å². The van der Waals surface area contributed by atoms with E-state index in [1.54, 1.807) is 24.3 Å². The SMILES string of the molecule is Oc1ccc(-c2c3nc(c(-c4ccc(O)c(F)c4)c4[nH]c(c(-c5ccc(O)c(F)c5)c5nc(c(-c6ccc(O)c(F)c6)c6[nH]c2c2ccccc62)-c2ccccc2-5)c2ccccc42)-c2ccccc2-3)cc1F. The number of hydrogen-bond donors (Lipinski definition) is 6. The number of phenolic OH excluding ortho intramolecular Hbond substituents is 4. The van der Waals surface area contributed by atoms with Crippen LogP contribution in [0, 0.1) is 23.3 Å². The van der Waals surface area contributed by atoms with E-state index in [1.807, 2.05) is 97.1 Å². The van der Waals surface area contributed by atoms with Crippen molar-refractivity contribution < 1.29 is 38.0 Å². The van der Waals surface area contributed by atoms with Crippen LogP contribution in [0.15, 0.2) is 170 Å². The van der Waals surface area contributed by atoms with Crippen LogP contribution in [0.1, 0.15) is 0 Å². The van der Waals surface area contributed by atoms with Gasteiger partial charge in [-0.25, -0.2) is 27.5 Å². The molecule has 0 spiro atoms. The van der Waals surface area contributed by atoms with Crippen molar-refractivity contribution in [3.63, 3.8) is 0 Å². The lowest BCUT2D eigenvalue weighted by Crippen LogP contribution is -1.89. The molecule has 2 aromatic heterocycles. The quantitative estimate of drug-likeness (QED) is 0.0972. The van der Waals surface area contributed by atoms with Gasteiger partial charge in [-0.2, -0.15) is 0 Å². The first kappa shape index (κ1) is 42.4. The smallest absolute Gasteiger partial charge is 0.165 e. The Morgan fingerprint density at radius 1 is 0.292 bits per heavy atom. The molecule has 0 fully saturated rings. The maximum absolute atomic E-state index is 15.9. The molecule has 8 nitrogen and oxygen atoms in total. The van der Waals surface area contributed by atoms with Gasteiger partial charge in [0.25, 0.3) is 0 Å². The average molecular weight is 951 g/mol. The van der Waals surface area contributed by atoms with Gasteiger partial charge >= 0.3 is 0 Å². The van der Waals surface area contributed by atoms with Crippen molar-refractivity contribution in [3.8, 4) is 113 Å². The number of nitrogens with one attached hydrogen (secondary N) is 2. The van der Waals surface area contributed by atoms with E-state index in [2.05, 4.69) is 9.97 Å². The molecule has 0 unspecified atom stereocenters. The van der Waals surface area contributed by atoms with Gasteiger partial charge in [0.2, 0.25) is 0 Å². The number of phenols is 4. The van der Waals surface area contributed by atoms with Crippen LogP contribution in [-0.4, -0.2) is 40.4 Å². The van der Waals surface area contributed by atoms with E-state index in [1.165, 1.54) is 48.5 Å². The Labute approximate surface area is 405 Å². The summed E-state index contributed by atoms with van der Waals surface area (Å²) in [6, 6.07) is 46.3. The van der Waals surface area contributed by atoms with Crippen LogP contribution >= 0.6 is 0 Å². The average Bonchev–Trinajstić information content (AvgIpc) is 4.16. The fourth-order valence-corrected chi connectivity index (χ4v) is 10.4. The second-order valence-electron chi connectivity index (χ2n) is 17.7. The molecule has 2 aliphatic heterocycles. The molecule has 6 N–H and O–H groups in total. The number of benzene rings is 8. The number of aromatic amines is 2. The second kappa shape index (κ2) is 15.9. The minimum Gasteiger partial charge on any atom is -0.505 e. The van der Waals surface area contributed by atoms with E-state index in [4.69, 9.17) is 9.97 Å². The lowest BCUT2D eigenvalue weighted by atomic mass is 9.93. The molecule has 72 heavy (non-hydrogen) atoms. The third-order valence-electron chi connectivity index (χ3n) is 13.6.